The van der Waals surface area contributed by atoms with Crippen LogP contribution in [0.25, 0.3) is 0 Å². The molecular formula is C19H17N3O4S. The summed E-state index contributed by atoms with van der Waals surface area (Å²) >= 11 is 1.24. The van der Waals surface area contributed by atoms with Crippen LogP contribution in [0, 0.1) is 6.92 Å². The lowest BCUT2D eigenvalue weighted by Crippen LogP contribution is -2.41. The summed E-state index contributed by atoms with van der Waals surface area (Å²) in [6.07, 6.45) is 0.0912. The van der Waals surface area contributed by atoms with Gasteiger partial charge in [-0.1, -0.05) is 29.5 Å². The van der Waals surface area contributed by atoms with E-state index in [4.69, 9.17) is 9.47 Å². The van der Waals surface area contributed by atoms with Crippen LogP contribution in [0.15, 0.2) is 47.5 Å². The Kier molecular flexibility index (Phi) is 4.72. The Hall–Kier alpha value is -3.00. The average molecular weight is 383 g/mol. The van der Waals surface area contributed by atoms with Gasteiger partial charge in [0.1, 0.15) is 5.25 Å². The van der Waals surface area contributed by atoms with E-state index in [0.29, 0.717) is 22.4 Å². The number of rotatable bonds is 3. The fourth-order valence-electron chi connectivity index (χ4n) is 2.68. The number of thioether (sulfide) groups is 1. The number of carbonyl (C=O) groups excluding carboxylic acids is 2. The Balaban J connectivity index is 1.46. The average Bonchev–Trinajstić information content (AvgIpc) is 3.11. The molecule has 1 fully saturated rings. The van der Waals surface area contributed by atoms with Crippen LogP contribution < -0.4 is 20.1 Å². The largest absolute Gasteiger partial charge is 0.454 e. The molecule has 0 radical (unpaired) electrons. The number of carbonyl (C=O) groups is 2. The molecule has 7 nitrogen and oxygen atoms in total. The molecule has 1 atom stereocenters. The highest BCUT2D eigenvalue weighted by Gasteiger charge is 2.30. The molecule has 0 unspecified atom stereocenters. The van der Waals surface area contributed by atoms with Crippen molar-refractivity contribution in [2.24, 2.45) is 4.99 Å². The number of anilines is 1. The number of amides is 2. The van der Waals surface area contributed by atoms with Crippen molar-refractivity contribution in [2.75, 3.05) is 12.1 Å². The van der Waals surface area contributed by atoms with Crippen molar-refractivity contribution in [3.05, 3.63) is 48.0 Å². The van der Waals surface area contributed by atoms with Crippen LogP contribution in [0.5, 0.6) is 11.5 Å². The molecule has 2 aliphatic heterocycles. The molecule has 0 aromatic heterocycles. The van der Waals surface area contributed by atoms with E-state index in [1.165, 1.54) is 11.8 Å². The highest BCUT2D eigenvalue weighted by Crippen LogP contribution is 2.34. The van der Waals surface area contributed by atoms with Crippen LogP contribution >= 0.6 is 11.8 Å². The van der Waals surface area contributed by atoms with Crippen molar-refractivity contribution in [1.29, 1.82) is 0 Å². The number of hydrogen-bond donors (Lipinski definition) is 2. The summed E-state index contributed by atoms with van der Waals surface area (Å²) in [5.74, 6) is 0.742. The molecule has 1 saturated heterocycles. The minimum absolute atomic E-state index is 0.0912. The molecule has 2 heterocycles. The first kappa shape index (κ1) is 17.4. The zero-order chi connectivity index (χ0) is 18.8. The van der Waals surface area contributed by atoms with Crippen LogP contribution in [-0.4, -0.2) is 29.0 Å². The maximum Gasteiger partial charge on any atom is 0.238 e. The van der Waals surface area contributed by atoms with Crippen LogP contribution in [0.1, 0.15) is 12.0 Å². The van der Waals surface area contributed by atoms with Crippen LogP contribution in [0.2, 0.25) is 0 Å². The second-order valence-corrected chi connectivity index (χ2v) is 7.36. The molecule has 2 aromatic carbocycles. The molecule has 0 spiro atoms. The van der Waals surface area contributed by atoms with Gasteiger partial charge >= 0.3 is 0 Å². The number of nitrogens with one attached hydrogen (secondary N) is 2. The SMILES string of the molecule is Cc1ccc(N=C2NC(=O)C[C@@H](C(=O)Nc3ccc4c(c3)OCO4)S2)cc1. The Morgan fingerprint density at radius 1 is 1.19 bits per heavy atom. The molecule has 27 heavy (non-hydrogen) atoms. The van der Waals surface area contributed by atoms with Crippen molar-refractivity contribution in [3.63, 3.8) is 0 Å². The summed E-state index contributed by atoms with van der Waals surface area (Å²) in [4.78, 5) is 29.1. The van der Waals surface area contributed by atoms with E-state index in [1.807, 2.05) is 31.2 Å². The zero-order valence-corrected chi connectivity index (χ0v) is 15.3. The lowest BCUT2D eigenvalue weighted by atomic mass is 10.2. The Labute approximate surface area is 160 Å². The third kappa shape index (κ3) is 4.06. The summed E-state index contributed by atoms with van der Waals surface area (Å²) in [5.41, 5.74) is 2.44. The third-order valence-electron chi connectivity index (χ3n) is 4.07. The number of nitrogens with zero attached hydrogens (tertiary/aromatic N) is 1. The standard InChI is InChI=1S/C19H17N3O4S/c1-11-2-4-12(5-3-11)21-19-22-17(23)9-16(27-19)18(24)20-13-6-7-14-15(8-13)26-10-25-14/h2-8,16H,9-10H2,1H3,(H,20,24)(H,21,22,23)/t16-/m0/s1. The summed E-state index contributed by atoms with van der Waals surface area (Å²) in [5, 5.41) is 5.40. The number of amidine groups is 1. The van der Waals surface area contributed by atoms with Crippen LogP contribution in [-0.2, 0) is 9.59 Å². The number of aryl methyl sites for hydroxylation is 1. The lowest BCUT2D eigenvalue weighted by Gasteiger charge is -2.22. The first-order chi connectivity index (χ1) is 13.1. The van der Waals surface area contributed by atoms with Crippen molar-refractivity contribution < 1.29 is 19.1 Å². The molecule has 0 aliphatic carbocycles. The third-order valence-corrected chi connectivity index (χ3v) is 5.15. The van der Waals surface area contributed by atoms with E-state index in [2.05, 4.69) is 15.6 Å². The minimum atomic E-state index is -0.562. The molecule has 0 saturated carbocycles. The fraction of sp³-hybridized carbons (Fsp3) is 0.211. The Morgan fingerprint density at radius 2 is 1.96 bits per heavy atom. The highest BCUT2D eigenvalue weighted by molar-refractivity contribution is 8.15. The van der Waals surface area contributed by atoms with Gasteiger partial charge in [0.05, 0.1) is 5.69 Å². The van der Waals surface area contributed by atoms with Gasteiger partial charge in [-0.25, -0.2) is 4.99 Å². The molecule has 2 N–H and O–H groups in total. The molecule has 2 amide bonds. The number of ether oxygens (including phenoxy) is 2. The quantitative estimate of drug-likeness (QED) is 0.851. The second kappa shape index (κ2) is 7.32. The van der Waals surface area contributed by atoms with Gasteiger partial charge in [-0.05, 0) is 31.2 Å². The van der Waals surface area contributed by atoms with Crippen molar-refractivity contribution >= 4 is 40.1 Å². The summed E-state index contributed by atoms with van der Waals surface area (Å²) in [6.45, 7) is 2.16. The van der Waals surface area contributed by atoms with Gasteiger partial charge in [-0.3, -0.25) is 9.59 Å². The van der Waals surface area contributed by atoms with Crippen molar-refractivity contribution in [3.8, 4) is 11.5 Å². The maximum absolute atomic E-state index is 12.6. The summed E-state index contributed by atoms with van der Waals surface area (Å²) in [6, 6.07) is 12.8. The van der Waals surface area contributed by atoms with E-state index >= 15 is 0 Å². The van der Waals surface area contributed by atoms with Gasteiger partial charge in [-0.15, -0.1) is 0 Å². The van der Waals surface area contributed by atoms with E-state index in [9.17, 15) is 9.59 Å². The van der Waals surface area contributed by atoms with Gasteiger partial charge in [0.25, 0.3) is 0 Å². The van der Waals surface area contributed by atoms with Gasteiger partial charge < -0.3 is 20.1 Å². The normalized spacial score (nSPS) is 19.7. The molecule has 2 aliphatic rings. The number of hydrogen-bond acceptors (Lipinski definition) is 6. The monoisotopic (exact) mass is 383 g/mol. The van der Waals surface area contributed by atoms with Gasteiger partial charge in [-0.2, -0.15) is 0 Å². The maximum atomic E-state index is 12.6. The highest BCUT2D eigenvalue weighted by atomic mass is 32.2. The number of fused-ring (bicyclic) bond motifs is 1. The zero-order valence-electron chi connectivity index (χ0n) is 14.5. The lowest BCUT2D eigenvalue weighted by molar-refractivity contribution is -0.123. The van der Waals surface area contributed by atoms with Gasteiger partial charge in [0.2, 0.25) is 18.6 Å². The molecule has 138 valence electrons. The first-order valence-electron chi connectivity index (χ1n) is 8.39. The Morgan fingerprint density at radius 3 is 2.78 bits per heavy atom. The van der Waals surface area contributed by atoms with Crippen LogP contribution in [0.3, 0.4) is 0 Å². The summed E-state index contributed by atoms with van der Waals surface area (Å²) < 4.78 is 10.6. The van der Waals surface area contributed by atoms with Crippen molar-refractivity contribution in [2.45, 2.75) is 18.6 Å². The Bertz CT molecular complexity index is 927. The molecule has 2 aromatic rings. The van der Waals surface area contributed by atoms with E-state index in [-0.39, 0.29) is 25.0 Å². The van der Waals surface area contributed by atoms with E-state index < -0.39 is 5.25 Å². The first-order valence-corrected chi connectivity index (χ1v) is 9.27. The second-order valence-electron chi connectivity index (χ2n) is 6.17. The van der Waals surface area contributed by atoms with Crippen molar-refractivity contribution in [1.82, 2.24) is 5.32 Å². The number of benzene rings is 2. The number of aliphatic imine (C=N–C) groups is 1. The minimum Gasteiger partial charge on any atom is -0.454 e. The molecular weight excluding hydrogens is 366 g/mol. The van der Waals surface area contributed by atoms with E-state index in [0.717, 1.165) is 11.3 Å². The molecule has 0 bridgehead atoms. The molecule has 4 rings (SSSR count). The van der Waals surface area contributed by atoms with Gasteiger partial charge in [0.15, 0.2) is 16.7 Å². The van der Waals surface area contributed by atoms with Crippen LogP contribution in [0.4, 0.5) is 11.4 Å². The fourth-order valence-corrected chi connectivity index (χ4v) is 3.68. The predicted molar refractivity (Wildman–Crippen MR) is 104 cm³/mol. The molecule has 8 heteroatoms. The van der Waals surface area contributed by atoms with Gasteiger partial charge in [0, 0.05) is 18.2 Å². The van der Waals surface area contributed by atoms with E-state index in [1.54, 1.807) is 18.2 Å². The smallest absolute Gasteiger partial charge is 0.238 e. The predicted octanol–water partition coefficient (Wildman–Crippen LogP) is 2.97. The summed E-state index contributed by atoms with van der Waals surface area (Å²) in [7, 11) is 0. The topological polar surface area (TPSA) is 89.0 Å².